The molecule has 78 valence electrons. The Bertz CT molecular complexity index is 284. The average Bonchev–Trinajstić information content (AvgIpc) is 2.15. The van der Waals surface area contributed by atoms with Gasteiger partial charge in [0.2, 0.25) is 0 Å². The predicted octanol–water partition coefficient (Wildman–Crippen LogP) is 2.42. The topological polar surface area (TPSA) is 35.2 Å². The molecule has 0 aliphatic carbocycles. The Kier molecular flexibility index (Phi) is 4.47. The van der Waals surface area contributed by atoms with E-state index in [0.29, 0.717) is 0 Å². The molecule has 0 atom stereocenters. The molecule has 1 aromatic rings. The molecule has 1 rings (SSSR count). The zero-order valence-electron chi connectivity index (χ0n) is 9.05. The lowest BCUT2D eigenvalue weighted by atomic mass is 10.1. The Morgan fingerprint density at radius 2 is 2.00 bits per heavy atom. The Morgan fingerprint density at radius 3 is 2.64 bits per heavy atom. The molecule has 2 N–H and O–H groups in total. The van der Waals surface area contributed by atoms with Gasteiger partial charge in [0.15, 0.2) is 0 Å². The number of hydrogen-bond acceptors (Lipinski definition) is 2. The molecule has 0 aliphatic heterocycles. The van der Waals surface area contributed by atoms with Crippen molar-refractivity contribution >= 4 is 0 Å². The van der Waals surface area contributed by atoms with Crippen LogP contribution in [-0.2, 0) is 0 Å². The van der Waals surface area contributed by atoms with E-state index in [0.717, 1.165) is 31.7 Å². The van der Waals surface area contributed by atoms with Crippen LogP contribution in [0.2, 0.25) is 0 Å². The first kappa shape index (κ1) is 11.1. The van der Waals surface area contributed by atoms with E-state index in [1.165, 1.54) is 11.1 Å². The number of ether oxygens (including phenoxy) is 1. The number of unbranched alkanes of at least 4 members (excludes halogenated alkanes) is 1. The lowest BCUT2D eigenvalue weighted by molar-refractivity contribution is 0.306. The molecule has 0 heterocycles. The van der Waals surface area contributed by atoms with Crippen molar-refractivity contribution in [3.63, 3.8) is 0 Å². The van der Waals surface area contributed by atoms with E-state index in [4.69, 9.17) is 10.5 Å². The lowest BCUT2D eigenvalue weighted by Crippen LogP contribution is -2.04. The van der Waals surface area contributed by atoms with Crippen molar-refractivity contribution in [1.82, 2.24) is 0 Å². The largest absolute Gasteiger partial charge is 0.493 e. The summed E-state index contributed by atoms with van der Waals surface area (Å²) in [6.45, 7) is 5.67. The molecule has 0 aromatic heterocycles. The molecule has 2 nitrogen and oxygen atoms in total. The first-order valence-corrected chi connectivity index (χ1v) is 5.14. The minimum Gasteiger partial charge on any atom is -0.493 e. The molecule has 0 spiro atoms. The van der Waals surface area contributed by atoms with E-state index in [1.54, 1.807) is 0 Å². The summed E-state index contributed by atoms with van der Waals surface area (Å²) in [5.41, 5.74) is 7.88. The van der Waals surface area contributed by atoms with Crippen LogP contribution in [0.3, 0.4) is 0 Å². The normalized spacial score (nSPS) is 10.2. The zero-order chi connectivity index (χ0) is 10.4. The first-order valence-electron chi connectivity index (χ1n) is 5.14. The highest BCUT2D eigenvalue weighted by Gasteiger charge is 1.98. The van der Waals surface area contributed by atoms with Crippen molar-refractivity contribution in [1.29, 1.82) is 0 Å². The molecule has 2 heteroatoms. The molecule has 0 fully saturated rings. The van der Waals surface area contributed by atoms with Gasteiger partial charge in [0.05, 0.1) is 6.61 Å². The quantitative estimate of drug-likeness (QED) is 0.729. The van der Waals surface area contributed by atoms with E-state index in [9.17, 15) is 0 Å². The summed E-state index contributed by atoms with van der Waals surface area (Å²) < 4.78 is 5.64. The van der Waals surface area contributed by atoms with Crippen LogP contribution in [0.5, 0.6) is 5.75 Å². The maximum Gasteiger partial charge on any atom is 0.122 e. The SMILES string of the molecule is Cc1ccc(OCCCCN)c(C)c1. The Morgan fingerprint density at radius 1 is 1.21 bits per heavy atom. The fourth-order valence-electron chi connectivity index (χ4n) is 1.39. The number of benzene rings is 1. The third kappa shape index (κ3) is 3.38. The molecule has 0 aliphatic rings. The molecule has 0 saturated carbocycles. The van der Waals surface area contributed by atoms with Gasteiger partial charge in [-0.1, -0.05) is 17.7 Å². The monoisotopic (exact) mass is 193 g/mol. The van der Waals surface area contributed by atoms with Crippen LogP contribution in [0.1, 0.15) is 24.0 Å². The van der Waals surface area contributed by atoms with E-state index >= 15 is 0 Å². The van der Waals surface area contributed by atoms with E-state index < -0.39 is 0 Å². The number of hydrogen-bond donors (Lipinski definition) is 1. The fraction of sp³-hybridized carbons (Fsp3) is 0.500. The number of rotatable bonds is 5. The second kappa shape index (κ2) is 5.66. The van der Waals surface area contributed by atoms with E-state index in [2.05, 4.69) is 26.0 Å². The van der Waals surface area contributed by atoms with Crippen LogP contribution in [-0.4, -0.2) is 13.2 Å². The summed E-state index contributed by atoms with van der Waals surface area (Å²) in [6.07, 6.45) is 2.06. The number of nitrogens with two attached hydrogens (primary N) is 1. The second-order valence-corrected chi connectivity index (χ2v) is 3.61. The van der Waals surface area contributed by atoms with Crippen molar-refractivity contribution in [2.45, 2.75) is 26.7 Å². The lowest BCUT2D eigenvalue weighted by Gasteiger charge is -2.09. The Labute approximate surface area is 86.1 Å². The van der Waals surface area contributed by atoms with Crippen LogP contribution >= 0.6 is 0 Å². The molecule has 1 aromatic carbocycles. The standard InChI is InChI=1S/C12H19NO/c1-10-5-6-12(11(2)9-10)14-8-4-3-7-13/h5-6,9H,3-4,7-8,13H2,1-2H3. The second-order valence-electron chi connectivity index (χ2n) is 3.61. The van der Waals surface area contributed by atoms with Crippen LogP contribution in [0.15, 0.2) is 18.2 Å². The van der Waals surface area contributed by atoms with Crippen molar-refractivity contribution < 1.29 is 4.74 Å². The van der Waals surface area contributed by atoms with Gasteiger partial charge >= 0.3 is 0 Å². The van der Waals surface area contributed by atoms with E-state index in [-0.39, 0.29) is 0 Å². The summed E-state index contributed by atoms with van der Waals surface area (Å²) in [5.74, 6) is 0.993. The summed E-state index contributed by atoms with van der Waals surface area (Å²) >= 11 is 0. The molecule has 0 bridgehead atoms. The zero-order valence-corrected chi connectivity index (χ0v) is 9.05. The molecule has 0 saturated heterocycles. The van der Waals surface area contributed by atoms with Gasteiger partial charge in [0.25, 0.3) is 0 Å². The minimum atomic E-state index is 0.746. The average molecular weight is 193 g/mol. The molecule has 0 unspecified atom stereocenters. The van der Waals surface area contributed by atoms with Crippen LogP contribution in [0, 0.1) is 13.8 Å². The molecule has 14 heavy (non-hydrogen) atoms. The van der Waals surface area contributed by atoms with Gasteiger partial charge in [-0.15, -0.1) is 0 Å². The highest BCUT2D eigenvalue weighted by atomic mass is 16.5. The number of aryl methyl sites for hydroxylation is 2. The third-order valence-electron chi connectivity index (χ3n) is 2.19. The van der Waals surface area contributed by atoms with Gasteiger partial charge in [-0.2, -0.15) is 0 Å². The van der Waals surface area contributed by atoms with Gasteiger partial charge in [-0.05, 0) is 44.9 Å². The summed E-state index contributed by atoms with van der Waals surface area (Å²) in [5, 5.41) is 0. The minimum absolute atomic E-state index is 0.746. The highest BCUT2D eigenvalue weighted by molar-refractivity contribution is 5.35. The van der Waals surface area contributed by atoms with Crippen molar-refractivity contribution in [2.75, 3.05) is 13.2 Å². The van der Waals surface area contributed by atoms with Crippen molar-refractivity contribution in [3.8, 4) is 5.75 Å². The smallest absolute Gasteiger partial charge is 0.122 e. The fourth-order valence-corrected chi connectivity index (χ4v) is 1.39. The van der Waals surface area contributed by atoms with Crippen molar-refractivity contribution in [2.24, 2.45) is 5.73 Å². The maximum atomic E-state index is 5.64. The van der Waals surface area contributed by atoms with Crippen LogP contribution in [0.25, 0.3) is 0 Å². The van der Waals surface area contributed by atoms with Gasteiger partial charge in [0, 0.05) is 0 Å². The van der Waals surface area contributed by atoms with Crippen LogP contribution < -0.4 is 10.5 Å². The maximum absolute atomic E-state index is 5.64. The van der Waals surface area contributed by atoms with Gasteiger partial charge in [0.1, 0.15) is 5.75 Å². The van der Waals surface area contributed by atoms with Gasteiger partial charge in [-0.25, -0.2) is 0 Å². The summed E-state index contributed by atoms with van der Waals surface area (Å²) in [6, 6.07) is 6.25. The van der Waals surface area contributed by atoms with Gasteiger partial charge < -0.3 is 10.5 Å². The summed E-state index contributed by atoms with van der Waals surface area (Å²) in [7, 11) is 0. The first-order chi connectivity index (χ1) is 6.74. The third-order valence-corrected chi connectivity index (χ3v) is 2.19. The predicted molar refractivity (Wildman–Crippen MR) is 59.7 cm³/mol. The Balaban J connectivity index is 2.42. The van der Waals surface area contributed by atoms with Crippen molar-refractivity contribution in [3.05, 3.63) is 29.3 Å². The highest BCUT2D eigenvalue weighted by Crippen LogP contribution is 2.18. The van der Waals surface area contributed by atoms with E-state index in [1.807, 2.05) is 6.07 Å². The Hall–Kier alpha value is -1.02. The van der Waals surface area contributed by atoms with Crippen LogP contribution in [0.4, 0.5) is 0 Å². The summed E-state index contributed by atoms with van der Waals surface area (Å²) in [4.78, 5) is 0. The molecule has 0 radical (unpaired) electrons. The molecular weight excluding hydrogens is 174 g/mol. The molecular formula is C12H19NO. The molecule has 0 amide bonds. The van der Waals surface area contributed by atoms with Gasteiger partial charge in [-0.3, -0.25) is 0 Å².